The number of hydrogen-bond acceptors (Lipinski definition) is 5. The molecule has 0 atom stereocenters. The van der Waals surface area contributed by atoms with Crippen molar-refractivity contribution < 1.29 is 23.8 Å². The summed E-state index contributed by atoms with van der Waals surface area (Å²) in [7, 11) is 0. The molecule has 0 saturated heterocycles. The number of hydrogen-bond donors (Lipinski definition) is 0. The van der Waals surface area contributed by atoms with Crippen LogP contribution in [0.1, 0.15) is 45.4 Å². The summed E-state index contributed by atoms with van der Waals surface area (Å²) < 4.78 is 16.4. The van der Waals surface area contributed by atoms with Gasteiger partial charge in [0.05, 0.1) is 5.76 Å². The van der Waals surface area contributed by atoms with E-state index in [-0.39, 0.29) is 5.97 Å². The lowest BCUT2D eigenvalue weighted by atomic mass is 9.89. The van der Waals surface area contributed by atoms with Crippen LogP contribution in [0.25, 0.3) is 0 Å². The van der Waals surface area contributed by atoms with E-state index in [4.69, 9.17) is 14.2 Å². The van der Waals surface area contributed by atoms with Crippen LogP contribution in [0.3, 0.4) is 0 Å². The normalized spacial score (nSPS) is 18.2. The second-order valence-electron chi connectivity index (χ2n) is 7.69. The number of esters is 2. The minimum atomic E-state index is -0.438. The highest BCUT2D eigenvalue weighted by atomic mass is 16.5. The molecule has 0 spiro atoms. The monoisotopic (exact) mass is 420 g/mol. The Bertz CT molecular complexity index is 966. The molecular weight excluding hydrogens is 392 g/mol. The average Bonchev–Trinajstić information content (AvgIpc) is 2.79. The van der Waals surface area contributed by atoms with Gasteiger partial charge in [-0.2, -0.15) is 0 Å². The largest absolute Gasteiger partial charge is 0.494 e. The maximum Gasteiger partial charge on any atom is 0.338 e. The van der Waals surface area contributed by atoms with Crippen LogP contribution in [-0.2, 0) is 23.8 Å². The Morgan fingerprint density at radius 3 is 1.97 bits per heavy atom. The van der Waals surface area contributed by atoms with Gasteiger partial charge in [-0.05, 0) is 61.1 Å². The zero-order chi connectivity index (χ0) is 22.2. The molecule has 0 bridgehead atoms. The summed E-state index contributed by atoms with van der Waals surface area (Å²) in [5.41, 5.74) is 4.26. The first-order valence-corrected chi connectivity index (χ1v) is 10.5. The van der Waals surface area contributed by atoms with Crippen molar-refractivity contribution in [2.75, 3.05) is 6.61 Å². The fourth-order valence-electron chi connectivity index (χ4n) is 3.41. The Balaban J connectivity index is 1.51. The van der Waals surface area contributed by atoms with Crippen molar-refractivity contribution in [2.45, 2.75) is 45.4 Å². The molecule has 0 N–H and O–H groups in total. The number of rotatable bonds is 8. The van der Waals surface area contributed by atoms with Crippen LogP contribution in [0, 0.1) is 0 Å². The van der Waals surface area contributed by atoms with Gasteiger partial charge in [-0.25, -0.2) is 9.59 Å². The van der Waals surface area contributed by atoms with Crippen LogP contribution < -0.4 is 0 Å². The molecule has 0 unspecified atom stereocenters. The second-order valence-corrected chi connectivity index (χ2v) is 7.69. The molecule has 3 aliphatic rings. The third-order valence-corrected chi connectivity index (χ3v) is 5.25. The van der Waals surface area contributed by atoms with E-state index in [1.165, 1.54) is 16.7 Å². The van der Waals surface area contributed by atoms with Gasteiger partial charge in [0.1, 0.15) is 18.1 Å². The molecule has 162 valence electrons. The lowest BCUT2D eigenvalue weighted by Gasteiger charge is -2.21. The number of carbonyl (C=O) groups excluding carboxylic acids is 2. The molecule has 0 fully saturated rings. The van der Waals surface area contributed by atoms with Crippen LogP contribution >= 0.6 is 0 Å². The SMILES string of the molecule is C=CC(=O)OC1=CC=C(OCC2=CC=C(C3=CC=C(OC(=O)C(=C)C)CC3)CC2)CC1. The van der Waals surface area contributed by atoms with Gasteiger partial charge in [0.15, 0.2) is 0 Å². The minimum Gasteiger partial charge on any atom is -0.494 e. The Hall–Kier alpha value is -3.34. The molecule has 5 nitrogen and oxygen atoms in total. The first kappa shape index (κ1) is 22.3. The van der Waals surface area contributed by atoms with Crippen molar-refractivity contribution in [1.29, 1.82) is 0 Å². The Kier molecular flexibility index (Phi) is 7.65. The van der Waals surface area contributed by atoms with Crippen LogP contribution in [0.15, 0.2) is 95.3 Å². The summed E-state index contributed by atoms with van der Waals surface area (Å²) in [5.74, 6) is 1.41. The summed E-state index contributed by atoms with van der Waals surface area (Å²) >= 11 is 0. The van der Waals surface area contributed by atoms with E-state index in [0.717, 1.165) is 31.1 Å². The second kappa shape index (κ2) is 10.6. The van der Waals surface area contributed by atoms with Crippen molar-refractivity contribution in [3.63, 3.8) is 0 Å². The van der Waals surface area contributed by atoms with E-state index in [0.29, 0.717) is 43.0 Å². The molecular formula is C26H28O5. The molecule has 31 heavy (non-hydrogen) atoms. The van der Waals surface area contributed by atoms with Crippen LogP contribution in [0.5, 0.6) is 0 Å². The molecule has 5 heteroatoms. The van der Waals surface area contributed by atoms with Gasteiger partial charge in [0.25, 0.3) is 0 Å². The number of ether oxygens (including phenoxy) is 3. The van der Waals surface area contributed by atoms with Gasteiger partial charge in [-0.15, -0.1) is 0 Å². The summed E-state index contributed by atoms with van der Waals surface area (Å²) in [6.07, 6.45) is 17.9. The molecule has 0 aromatic carbocycles. The highest BCUT2D eigenvalue weighted by molar-refractivity contribution is 5.87. The van der Waals surface area contributed by atoms with E-state index in [9.17, 15) is 9.59 Å². The van der Waals surface area contributed by atoms with Gasteiger partial charge >= 0.3 is 11.9 Å². The molecule has 0 aliphatic heterocycles. The summed E-state index contributed by atoms with van der Waals surface area (Å²) in [5, 5.41) is 0. The van der Waals surface area contributed by atoms with Crippen molar-refractivity contribution in [2.24, 2.45) is 0 Å². The third-order valence-electron chi connectivity index (χ3n) is 5.25. The van der Waals surface area contributed by atoms with Gasteiger partial charge in [-0.1, -0.05) is 31.4 Å². The summed E-state index contributed by atoms with van der Waals surface area (Å²) in [6, 6.07) is 0. The van der Waals surface area contributed by atoms with Gasteiger partial charge in [-0.3, -0.25) is 0 Å². The highest BCUT2D eigenvalue weighted by Gasteiger charge is 2.17. The van der Waals surface area contributed by atoms with E-state index in [2.05, 4.69) is 25.3 Å². The maximum atomic E-state index is 11.6. The first-order chi connectivity index (χ1) is 14.9. The minimum absolute atomic E-state index is 0.370. The predicted molar refractivity (Wildman–Crippen MR) is 119 cm³/mol. The third kappa shape index (κ3) is 6.57. The molecule has 0 aromatic heterocycles. The van der Waals surface area contributed by atoms with E-state index < -0.39 is 5.97 Å². The average molecular weight is 421 g/mol. The Labute approximate surface area is 183 Å². The molecule has 0 radical (unpaired) electrons. The Morgan fingerprint density at radius 2 is 1.42 bits per heavy atom. The molecule has 3 rings (SSSR count). The molecule has 0 saturated carbocycles. The van der Waals surface area contributed by atoms with Gasteiger partial charge in [0, 0.05) is 30.9 Å². The van der Waals surface area contributed by atoms with Crippen LogP contribution in [0.4, 0.5) is 0 Å². The number of allylic oxidation sites excluding steroid dienone is 11. The van der Waals surface area contributed by atoms with Crippen LogP contribution in [-0.4, -0.2) is 18.5 Å². The zero-order valence-corrected chi connectivity index (χ0v) is 17.9. The molecule has 0 amide bonds. The quantitative estimate of drug-likeness (QED) is 0.374. The predicted octanol–water partition coefficient (Wildman–Crippen LogP) is 5.66. The maximum absolute atomic E-state index is 11.6. The fraction of sp³-hybridized carbons (Fsp3) is 0.308. The van der Waals surface area contributed by atoms with Crippen molar-refractivity contribution in [1.82, 2.24) is 0 Å². The van der Waals surface area contributed by atoms with Crippen molar-refractivity contribution in [3.05, 3.63) is 95.3 Å². The summed E-state index contributed by atoms with van der Waals surface area (Å²) in [6.45, 7) is 9.21. The topological polar surface area (TPSA) is 61.8 Å². The lowest BCUT2D eigenvalue weighted by Crippen LogP contribution is -2.09. The molecule has 0 heterocycles. The van der Waals surface area contributed by atoms with Crippen LogP contribution in [0.2, 0.25) is 0 Å². The van der Waals surface area contributed by atoms with Gasteiger partial charge < -0.3 is 14.2 Å². The molecule has 3 aliphatic carbocycles. The fourth-order valence-corrected chi connectivity index (χ4v) is 3.41. The van der Waals surface area contributed by atoms with Crippen molar-refractivity contribution >= 4 is 11.9 Å². The van der Waals surface area contributed by atoms with E-state index >= 15 is 0 Å². The smallest absolute Gasteiger partial charge is 0.338 e. The standard InChI is InChI=1S/C26H28O5/c1-4-25(27)30-23-15-13-22(14-16-23)29-17-19-5-7-20(8-6-19)21-9-11-24(12-10-21)31-26(28)18(2)3/h4-5,7,9,11,13,15H,1-2,6,8,10,12,14,16-17H2,3H3. The first-order valence-electron chi connectivity index (χ1n) is 10.5. The number of carbonyl (C=O) groups is 2. The summed E-state index contributed by atoms with van der Waals surface area (Å²) in [4.78, 5) is 22.9. The van der Waals surface area contributed by atoms with Gasteiger partial charge in [0.2, 0.25) is 0 Å². The van der Waals surface area contributed by atoms with Crippen molar-refractivity contribution in [3.8, 4) is 0 Å². The Morgan fingerprint density at radius 1 is 0.839 bits per heavy atom. The van der Waals surface area contributed by atoms with E-state index in [1.54, 1.807) is 13.0 Å². The highest BCUT2D eigenvalue weighted by Crippen LogP contribution is 2.31. The molecule has 0 aromatic rings. The zero-order valence-electron chi connectivity index (χ0n) is 17.9. The lowest BCUT2D eigenvalue weighted by molar-refractivity contribution is -0.135. The van der Waals surface area contributed by atoms with E-state index in [1.807, 2.05) is 18.2 Å².